The summed E-state index contributed by atoms with van der Waals surface area (Å²) in [6.07, 6.45) is 0. The van der Waals surface area contributed by atoms with Crippen molar-refractivity contribution >= 4 is 5.91 Å². The van der Waals surface area contributed by atoms with Crippen LogP contribution in [0, 0.1) is 0 Å². The second-order valence-corrected chi connectivity index (χ2v) is 2.54. The van der Waals surface area contributed by atoms with Gasteiger partial charge in [-0.05, 0) is 7.05 Å². The molecule has 0 atom stereocenters. The third kappa shape index (κ3) is 4.85. The summed E-state index contributed by atoms with van der Waals surface area (Å²) in [4.78, 5) is 12.9. The molecule has 1 rings (SSSR count). The van der Waals surface area contributed by atoms with Crippen LogP contribution >= 0.6 is 0 Å². The van der Waals surface area contributed by atoms with Gasteiger partial charge in [-0.15, -0.1) is 0 Å². The summed E-state index contributed by atoms with van der Waals surface area (Å²) >= 11 is 0. The highest BCUT2D eigenvalue weighted by molar-refractivity contribution is 5.77. The first-order valence-corrected chi connectivity index (χ1v) is 4.84. The lowest BCUT2D eigenvalue weighted by atomic mass is 10.4. The quantitative estimate of drug-likeness (QED) is 0.682. The minimum absolute atomic E-state index is 0.103. The second kappa shape index (κ2) is 8.01. The Morgan fingerprint density at radius 2 is 2.23 bits per heavy atom. The molecule has 1 aliphatic rings. The molecular weight excluding hydrogens is 168 g/mol. The maximum atomic E-state index is 11.1. The minimum Gasteiger partial charge on any atom is -0.370 e. The zero-order valence-electron chi connectivity index (χ0n) is 8.80. The van der Waals surface area contributed by atoms with E-state index in [0.717, 1.165) is 19.6 Å². The van der Waals surface area contributed by atoms with Crippen LogP contribution in [0.2, 0.25) is 0 Å². The molecule has 0 radical (unpaired) electrons. The molecule has 0 bridgehead atoms. The first-order valence-electron chi connectivity index (χ1n) is 4.84. The lowest BCUT2D eigenvalue weighted by Crippen LogP contribution is -2.44. The third-order valence-corrected chi connectivity index (χ3v) is 1.72. The molecule has 0 unspecified atom stereocenters. The number of carbonyl (C=O) groups excluding carboxylic acids is 1. The summed E-state index contributed by atoms with van der Waals surface area (Å²) in [5.74, 6) is 0.103. The number of carbonyl (C=O) groups is 1. The van der Waals surface area contributed by atoms with Gasteiger partial charge in [-0.25, -0.2) is 0 Å². The third-order valence-electron chi connectivity index (χ3n) is 1.72. The fraction of sp³-hybridized carbons (Fsp3) is 0.889. The van der Waals surface area contributed by atoms with Crippen LogP contribution in [0.1, 0.15) is 13.8 Å². The average Bonchev–Trinajstić information content (AvgIpc) is 2.20. The first kappa shape index (κ1) is 12.4. The van der Waals surface area contributed by atoms with Crippen LogP contribution in [0.15, 0.2) is 0 Å². The molecule has 1 fully saturated rings. The summed E-state index contributed by atoms with van der Waals surface area (Å²) in [7, 11) is 1.88. The van der Waals surface area contributed by atoms with Crippen LogP contribution in [-0.4, -0.2) is 50.7 Å². The van der Waals surface area contributed by atoms with Gasteiger partial charge in [-0.2, -0.15) is 0 Å². The molecule has 0 aromatic carbocycles. The molecule has 1 N–H and O–H groups in total. The van der Waals surface area contributed by atoms with E-state index in [2.05, 4.69) is 5.32 Å². The summed E-state index contributed by atoms with van der Waals surface area (Å²) in [5.41, 5.74) is 0. The number of hydrogen-bond donors (Lipinski definition) is 1. The van der Waals surface area contributed by atoms with E-state index in [1.54, 1.807) is 0 Å². The molecule has 1 aliphatic heterocycles. The molecule has 4 heteroatoms. The minimum atomic E-state index is 0.103. The van der Waals surface area contributed by atoms with E-state index in [1.807, 2.05) is 25.8 Å². The average molecular weight is 188 g/mol. The predicted molar refractivity (Wildman–Crippen MR) is 52.7 cm³/mol. The van der Waals surface area contributed by atoms with Crippen molar-refractivity contribution in [2.24, 2.45) is 0 Å². The zero-order valence-corrected chi connectivity index (χ0v) is 8.80. The largest absolute Gasteiger partial charge is 0.370 e. The molecular formula is C9H20N2O2. The van der Waals surface area contributed by atoms with Crippen molar-refractivity contribution in [1.29, 1.82) is 0 Å². The summed E-state index contributed by atoms with van der Waals surface area (Å²) in [6.45, 7) is 7.31. The molecule has 78 valence electrons. The van der Waals surface area contributed by atoms with E-state index in [4.69, 9.17) is 4.74 Å². The van der Waals surface area contributed by atoms with E-state index in [-0.39, 0.29) is 12.5 Å². The van der Waals surface area contributed by atoms with Crippen molar-refractivity contribution in [3.05, 3.63) is 0 Å². The second-order valence-electron chi connectivity index (χ2n) is 2.54. The highest BCUT2D eigenvalue weighted by Crippen LogP contribution is 1.96. The summed E-state index contributed by atoms with van der Waals surface area (Å²) in [5, 5.41) is 3.00. The Hall–Kier alpha value is -0.610. The molecule has 0 aromatic rings. The van der Waals surface area contributed by atoms with E-state index in [1.165, 1.54) is 0 Å². The molecule has 0 saturated carbocycles. The number of nitrogens with one attached hydrogen (secondary N) is 1. The van der Waals surface area contributed by atoms with Gasteiger partial charge in [0.1, 0.15) is 6.61 Å². The Balaban J connectivity index is 0.000000671. The Morgan fingerprint density at radius 3 is 2.77 bits per heavy atom. The Morgan fingerprint density at radius 1 is 1.54 bits per heavy atom. The van der Waals surface area contributed by atoms with E-state index in [9.17, 15) is 4.79 Å². The fourth-order valence-corrected chi connectivity index (χ4v) is 1.03. The summed E-state index contributed by atoms with van der Waals surface area (Å²) < 4.78 is 4.98. The monoisotopic (exact) mass is 188 g/mol. The number of nitrogens with zero attached hydrogens (tertiary/aromatic N) is 1. The van der Waals surface area contributed by atoms with Gasteiger partial charge in [-0.1, -0.05) is 13.8 Å². The molecule has 0 aliphatic carbocycles. The topological polar surface area (TPSA) is 41.6 Å². The molecule has 1 amide bonds. The van der Waals surface area contributed by atoms with E-state index in [0.29, 0.717) is 6.61 Å². The molecule has 4 nitrogen and oxygen atoms in total. The molecule has 1 saturated heterocycles. The Kier molecular flexibility index (Phi) is 7.63. The molecule has 0 spiro atoms. The van der Waals surface area contributed by atoms with Crippen LogP contribution in [0.25, 0.3) is 0 Å². The Bertz CT molecular complexity index is 140. The molecule has 13 heavy (non-hydrogen) atoms. The number of ether oxygens (including phenoxy) is 1. The van der Waals surface area contributed by atoms with Crippen LogP contribution in [0.5, 0.6) is 0 Å². The number of hydrogen-bond acceptors (Lipinski definition) is 3. The highest BCUT2D eigenvalue weighted by Gasteiger charge is 2.16. The van der Waals surface area contributed by atoms with E-state index >= 15 is 0 Å². The SMILES string of the molecule is CC.CNCCN1CCOCC1=O. The maximum Gasteiger partial charge on any atom is 0.248 e. The standard InChI is InChI=1S/C7H14N2O2.C2H6/c1-8-2-3-9-4-5-11-6-7(9)10;1-2/h8H,2-6H2,1H3;1-2H3. The number of rotatable bonds is 3. The van der Waals surface area contributed by atoms with Crippen molar-refractivity contribution < 1.29 is 9.53 Å². The lowest BCUT2D eigenvalue weighted by Gasteiger charge is -2.26. The van der Waals surface area contributed by atoms with Gasteiger partial charge in [-0.3, -0.25) is 4.79 Å². The van der Waals surface area contributed by atoms with Gasteiger partial charge in [0.15, 0.2) is 0 Å². The van der Waals surface area contributed by atoms with Crippen molar-refractivity contribution in [2.45, 2.75) is 13.8 Å². The fourth-order valence-electron chi connectivity index (χ4n) is 1.03. The van der Waals surface area contributed by atoms with Crippen molar-refractivity contribution in [3.63, 3.8) is 0 Å². The van der Waals surface area contributed by atoms with E-state index < -0.39 is 0 Å². The Labute approximate surface area is 80.2 Å². The summed E-state index contributed by atoms with van der Waals surface area (Å²) in [6, 6.07) is 0. The molecule has 0 aromatic heterocycles. The zero-order chi connectivity index (χ0) is 10.1. The number of morpholine rings is 1. The van der Waals surface area contributed by atoms with Crippen molar-refractivity contribution in [2.75, 3.05) is 39.9 Å². The van der Waals surface area contributed by atoms with Gasteiger partial charge in [0.05, 0.1) is 6.61 Å². The van der Waals surface area contributed by atoms with Crippen LogP contribution in [0.4, 0.5) is 0 Å². The molecule has 1 heterocycles. The first-order chi connectivity index (χ1) is 6.34. The van der Waals surface area contributed by atoms with Gasteiger partial charge in [0.25, 0.3) is 0 Å². The van der Waals surface area contributed by atoms with Crippen molar-refractivity contribution in [1.82, 2.24) is 10.2 Å². The van der Waals surface area contributed by atoms with Gasteiger partial charge >= 0.3 is 0 Å². The van der Waals surface area contributed by atoms with Crippen molar-refractivity contribution in [3.8, 4) is 0 Å². The lowest BCUT2D eigenvalue weighted by molar-refractivity contribution is -0.142. The van der Waals surface area contributed by atoms with Gasteiger partial charge in [0, 0.05) is 19.6 Å². The highest BCUT2D eigenvalue weighted by atomic mass is 16.5. The normalized spacial score (nSPS) is 16.5. The maximum absolute atomic E-state index is 11.1. The predicted octanol–water partition coefficient (Wildman–Crippen LogP) is 0.0908. The van der Waals surface area contributed by atoms with Crippen LogP contribution in [0.3, 0.4) is 0 Å². The smallest absolute Gasteiger partial charge is 0.248 e. The van der Waals surface area contributed by atoms with Crippen LogP contribution in [-0.2, 0) is 9.53 Å². The number of amides is 1. The van der Waals surface area contributed by atoms with Crippen LogP contribution < -0.4 is 5.32 Å². The number of likely N-dealkylation sites (N-methyl/N-ethyl adjacent to an activating group) is 1. The van der Waals surface area contributed by atoms with Gasteiger partial charge < -0.3 is 15.0 Å². The van der Waals surface area contributed by atoms with Gasteiger partial charge in [0.2, 0.25) is 5.91 Å².